The van der Waals surface area contributed by atoms with Gasteiger partial charge in [-0.1, -0.05) is 32.4 Å². The number of hydrogen-bond donors (Lipinski definition) is 1. The highest BCUT2D eigenvalue weighted by Crippen LogP contribution is 2.35. The molecule has 0 fully saturated rings. The quantitative estimate of drug-likeness (QED) is 0.624. The first-order valence-corrected chi connectivity index (χ1v) is 9.27. The molecule has 1 atom stereocenters. The van der Waals surface area contributed by atoms with Crippen LogP contribution in [-0.2, 0) is 12.8 Å². The maximum absolute atomic E-state index is 10.9. The summed E-state index contributed by atoms with van der Waals surface area (Å²) in [7, 11) is 3.31. The van der Waals surface area contributed by atoms with Crippen molar-refractivity contribution in [3.05, 3.63) is 53.1 Å². The van der Waals surface area contributed by atoms with Crippen LogP contribution in [0.25, 0.3) is 0 Å². The fraction of sp³-hybridized carbons (Fsp3) is 0.455. The van der Waals surface area contributed by atoms with Crippen molar-refractivity contribution in [3.63, 3.8) is 0 Å². The maximum atomic E-state index is 10.9. The summed E-state index contributed by atoms with van der Waals surface area (Å²) in [5.41, 5.74) is 2.93. The number of benzene rings is 2. The SMILES string of the molecule is CCCCOc1cc(OC)c(CC)cc1C(O)Cc1ccc(OC)cc1. The minimum absolute atomic E-state index is 0.517. The molecule has 26 heavy (non-hydrogen) atoms. The lowest BCUT2D eigenvalue weighted by Gasteiger charge is -2.19. The van der Waals surface area contributed by atoms with E-state index < -0.39 is 6.10 Å². The van der Waals surface area contributed by atoms with Gasteiger partial charge in [0.15, 0.2) is 0 Å². The van der Waals surface area contributed by atoms with Crippen molar-refractivity contribution in [1.29, 1.82) is 0 Å². The highest BCUT2D eigenvalue weighted by molar-refractivity contribution is 5.48. The molecular weight excluding hydrogens is 328 g/mol. The second kappa shape index (κ2) is 10.1. The van der Waals surface area contributed by atoms with Crippen LogP contribution in [0.3, 0.4) is 0 Å². The summed E-state index contributed by atoms with van der Waals surface area (Å²) in [6, 6.07) is 11.7. The van der Waals surface area contributed by atoms with E-state index in [1.165, 1.54) is 0 Å². The molecule has 0 saturated carbocycles. The third kappa shape index (κ3) is 5.15. The van der Waals surface area contributed by atoms with E-state index in [2.05, 4.69) is 13.8 Å². The van der Waals surface area contributed by atoms with E-state index in [1.807, 2.05) is 36.4 Å². The lowest BCUT2D eigenvalue weighted by atomic mass is 9.97. The summed E-state index contributed by atoms with van der Waals surface area (Å²) in [4.78, 5) is 0. The molecule has 0 aliphatic carbocycles. The van der Waals surface area contributed by atoms with Crippen molar-refractivity contribution in [2.24, 2.45) is 0 Å². The number of hydrogen-bond acceptors (Lipinski definition) is 4. The summed E-state index contributed by atoms with van der Waals surface area (Å²) in [5, 5.41) is 10.9. The maximum Gasteiger partial charge on any atom is 0.128 e. The first-order chi connectivity index (χ1) is 12.6. The normalized spacial score (nSPS) is 11.9. The van der Waals surface area contributed by atoms with Crippen LogP contribution in [0.2, 0.25) is 0 Å². The molecule has 1 N–H and O–H groups in total. The van der Waals surface area contributed by atoms with Gasteiger partial charge in [-0.2, -0.15) is 0 Å². The van der Waals surface area contributed by atoms with Crippen LogP contribution in [0.5, 0.6) is 17.2 Å². The molecule has 0 heterocycles. The molecular formula is C22H30O4. The molecule has 0 saturated heterocycles. The Balaban J connectivity index is 2.27. The van der Waals surface area contributed by atoms with Crippen LogP contribution in [0.1, 0.15) is 49.5 Å². The Morgan fingerprint density at radius 2 is 1.69 bits per heavy atom. The fourth-order valence-corrected chi connectivity index (χ4v) is 2.90. The topological polar surface area (TPSA) is 47.9 Å². The van der Waals surface area contributed by atoms with Gasteiger partial charge >= 0.3 is 0 Å². The Morgan fingerprint density at radius 1 is 0.962 bits per heavy atom. The van der Waals surface area contributed by atoms with Crippen LogP contribution < -0.4 is 14.2 Å². The van der Waals surface area contributed by atoms with Gasteiger partial charge in [-0.3, -0.25) is 0 Å². The third-order valence-corrected chi connectivity index (χ3v) is 4.50. The molecule has 0 aromatic heterocycles. The number of aliphatic hydroxyl groups is 1. The van der Waals surface area contributed by atoms with Crippen LogP contribution in [0.4, 0.5) is 0 Å². The first-order valence-electron chi connectivity index (χ1n) is 9.27. The van der Waals surface area contributed by atoms with E-state index in [0.29, 0.717) is 18.8 Å². The molecule has 0 aliphatic rings. The molecule has 2 aromatic carbocycles. The number of aliphatic hydroxyl groups excluding tert-OH is 1. The van der Waals surface area contributed by atoms with Crippen molar-refractivity contribution in [2.75, 3.05) is 20.8 Å². The van der Waals surface area contributed by atoms with Gasteiger partial charge in [0.05, 0.1) is 26.9 Å². The van der Waals surface area contributed by atoms with Gasteiger partial charge in [-0.05, 0) is 42.2 Å². The molecule has 0 radical (unpaired) electrons. The number of rotatable bonds is 10. The van der Waals surface area contributed by atoms with Gasteiger partial charge in [-0.25, -0.2) is 0 Å². The van der Waals surface area contributed by atoms with Crippen LogP contribution >= 0.6 is 0 Å². The van der Waals surface area contributed by atoms with Gasteiger partial charge < -0.3 is 19.3 Å². The number of methoxy groups -OCH3 is 2. The van der Waals surface area contributed by atoms with E-state index in [1.54, 1.807) is 14.2 Å². The van der Waals surface area contributed by atoms with Crippen LogP contribution in [0.15, 0.2) is 36.4 Å². The highest BCUT2D eigenvalue weighted by atomic mass is 16.5. The number of ether oxygens (including phenoxy) is 3. The van der Waals surface area contributed by atoms with Gasteiger partial charge in [0.25, 0.3) is 0 Å². The lowest BCUT2D eigenvalue weighted by molar-refractivity contribution is 0.171. The predicted octanol–water partition coefficient (Wildman–Crippen LogP) is 4.72. The zero-order valence-corrected chi connectivity index (χ0v) is 16.2. The molecule has 0 aliphatic heterocycles. The number of unbranched alkanes of at least 4 members (excludes halogenated alkanes) is 1. The number of aryl methyl sites for hydroxylation is 1. The van der Waals surface area contributed by atoms with Gasteiger partial charge in [0.1, 0.15) is 17.2 Å². The van der Waals surface area contributed by atoms with Gasteiger partial charge in [-0.15, -0.1) is 0 Å². The standard InChI is InChI=1S/C22H30O4/c1-5-7-12-26-22-15-21(25-4)17(6-2)14-19(22)20(23)13-16-8-10-18(24-3)11-9-16/h8-11,14-15,20,23H,5-7,12-13H2,1-4H3. The van der Waals surface area contributed by atoms with E-state index in [-0.39, 0.29) is 0 Å². The Kier molecular flexibility index (Phi) is 7.79. The summed E-state index contributed by atoms with van der Waals surface area (Å²) in [5.74, 6) is 2.32. The lowest BCUT2D eigenvalue weighted by Crippen LogP contribution is -2.08. The average molecular weight is 358 g/mol. The molecule has 2 rings (SSSR count). The minimum atomic E-state index is -0.642. The summed E-state index contributed by atoms with van der Waals surface area (Å²) < 4.78 is 16.6. The summed E-state index contributed by atoms with van der Waals surface area (Å²) >= 11 is 0. The molecule has 142 valence electrons. The van der Waals surface area contributed by atoms with Gasteiger partial charge in [0, 0.05) is 18.1 Å². The van der Waals surface area contributed by atoms with Crippen molar-refractivity contribution in [1.82, 2.24) is 0 Å². The summed E-state index contributed by atoms with van der Waals surface area (Å²) in [6.45, 7) is 4.84. The van der Waals surface area contributed by atoms with Gasteiger partial charge in [0.2, 0.25) is 0 Å². The summed E-state index contributed by atoms with van der Waals surface area (Å²) in [6.07, 6.45) is 2.75. The van der Waals surface area contributed by atoms with Crippen molar-refractivity contribution in [3.8, 4) is 17.2 Å². The Labute approximate surface area is 156 Å². The van der Waals surface area contributed by atoms with E-state index in [9.17, 15) is 5.11 Å². The average Bonchev–Trinajstić information content (AvgIpc) is 2.68. The molecule has 2 aromatic rings. The zero-order chi connectivity index (χ0) is 18.9. The van der Waals surface area contributed by atoms with E-state index in [4.69, 9.17) is 14.2 Å². The smallest absolute Gasteiger partial charge is 0.128 e. The Bertz CT molecular complexity index is 679. The van der Waals surface area contributed by atoms with Crippen molar-refractivity contribution < 1.29 is 19.3 Å². The predicted molar refractivity (Wildman–Crippen MR) is 104 cm³/mol. The van der Waals surface area contributed by atoms with E-state index in [0.717, 1.165) is 47.5 Å². The highest BCUT2D eigenvalue weighted by Gasteiger charge is 2.18. The van der Waals surface area contributed by atoms with Crippen LogP contribution in [-0.4, -0.2) is 25.9 Å². The molecule has 0 amide bonds. The van der Waals surface area contributed by atoms with E-state index >= 15 is 0 Å². The fourth-order valence-electron chi connectivity index (χ4n) is 2.90. The molecule has 0 bridgehead atoms. The third-order valence-electron chi connectivity index (χ3n) is 4.50. The molecule has 0 spiro atoms. The largest absolute Gasteiger partial charge is 0.497 e. The zero-order valence-electron chi connectivity index (χ0n) is 16.2. The van der Waals surface area contributed by atoms with Crippen molar-refractivity contribution >= 4 is 0 Å². The Morgan fingerprint density at radius 3 is 2.27 bits per heavy atom. The molecule has 4 heteroatoms. The second-order valence-electron chi connectivity index (χ2n) is 6.33. The molecule has 4 nitrogen and oxygen atoms in total. The van der Waals surface area contributed by atoms with Crippen LogP contribution in [0, 0.1) is 0 Å². The van der Waals surface area contributed by atoms with Crippen molar-refractivity contribution in [2.45, 2.75) is 45.6 Å². The monoisotopic (exact) mass is 358 g/mol. The first kappa shape index (κ1) is 20.1. The molecule has 1 unspecified atom stereocenters. The minimum Gasteiger partial charge on any atom is -0.497 e. The second-order valence-corrected chi connectivity index (χ2v) is 6.33. The Hall–Kier alpha value is -2.20.